The van der Waals surface area contributed by atoms with Gasteiger partial charge in [0.05, 0.1) is 5.69 Å². The summed E-state index contributed by atoms with van der Waals surface area (Å²) in [7, 11) is 0. The molecule has 16 heavy (non-hydrogen) atoms. The fraction of sp³-hybridized carbons (Fsp3) is 0.0769. The second-order valence-corrected chi connectivity index (χ2v) is 3.63. The molecule has 0 N–H and O–H groups in total. The van der Waals surface area contributed by atoms with Crippen molar-refractivity contribution in [3.63, 3.8) is 0 Å². The Balaban J connectivity index is 1.95. The third-order valence-corrected chi connectivity index (χ3v) is 2.55. The van der Waals surface area contributed by atoms with Gasteiger partial charge in [0.15, 0.2) is 5.75 Å². The average Bonchev–Trinajstić information content (AvgIpc) is 2.39. The first-order chi connectivity index (χ1) is 7.93. The summed E-state index contributed by atoms with van der Waals surface area (Å²) in [5.74, 6) is 0.835. The van der Waals surface area contributed by atoms with Crippen molar-refractivity contribution in [1.29, 1.82) is 0 Å². The number of aromatic nitrogens is 1. The van der Waals surface area contributed by atoms with E-state index >= 15 is 0 Å². The lowest BCUT2D eigenvalue weighted by Crippen LogP contribution is -2.13. The Morgan fingerprint density at radius 3 is 2.75 bits per heavy atom. The molecule has 0 saturated carbocycles. The van der Waals surface area contributed by atoms with Gasteiger partial charge in [0, 0.05) is 18.2 Å². The molecule has 3 rings (SSSR count). The Morgan fingerprint density at radius 1 is 1.00 bits per heavy atom. The second kappa shape index (κ2) is 3.77. The maximum atomic E-state index is 5.34. The van der Waals surface area contributed by atoms with Crippen LogP contribution in [-0.2, 0) is 6.42 Å². The third kappa shape index (κ3) is 1.56. The fourth-order valence-electron chi connectivity index (χ4n) is 1.73. The summed E-state index contributed by atoms with van der Waals surface area (Å²) in [5, 5.41) is 4.10. The van der Waals surface area contributed by atoms with Crippen LogP contribution in [0.2, 0.25) is 0 Å². The lowest BCUT2D eigenvalue weighted by atomic mass is 10.0. The van der Waals surface area contributed by atoms with E-state index in [2.05, 4.69) is 10.1 Å². The van der Waals surface area contributed by atoms with E-state index in [0.29, 0.717) is 0 Å². The van der Waals surface area contributed by atoms with Gasteiger partial charge >= 0.3 is 0 Å². The van der Waals surface area contributed by atoms with Crippen LogP contribution in [0.25, 0.3) is 0 Å². The molecule has 0 atom stereocenters. The Hall–Kier alpha value is -2.16. The Morgan fingerprint density at radius 2 is 1.88 bits per heavy atom. The van der Waals surface area contributed by atoms with Crippen molar-refractivity contribution in [1.82, 2.24) is 4.98 Å². The molecule has 0 spiro atoms. The fourth-order valence-corrected chi connectivity index (χ4v) is 1.73. The predicted octanol–water partition coefficient (Wildman–Crippen LogP) is 2.42. The van der Waals surface area contributed by atoms with Crippen molar-refractivity contribution in [3.8, 4) is 5.75 Å². The number of fused-ring (bicyclic) bond motifs is 1. The second-order valence-electron chi connectivity index (χ2n) is 3.63. The van der Waals surface area contributed by atoms with E-state index in [1.807, 2.05) is 42.5 Å². The van der Waals surface area contributed by atoms with Crippen LogP contribution < -0.4 is 4.84 Å². The minimum absolute atomic E-state index is 0.771. The first-order valence-electron chi connectivity index (χ1n) is 5.17. The lowest BCUT2D eigenvalue weighted by molar-refractivity contribution is 0.330. The van der Waals surface area contributed by atoms with Gasteiger partial charge in [-0.1, -0.05) is 29.4 Å². The van der Waals surface area contributed by atoms with Gasteiger partial charge in [-0.25, -0.2) is 0 Å². The highest BCUT2D eigenvalue weighted by molar-refractivity contribution is 6.00. The summed E-state index contributed by atoms with van der Waals surface area (Å²) in [6.07, 6.45) is 2.53. The molecule has 3 heteroatoms. The molecule has 3 nitrogen and oxygen atoms in total. The van der Waals surface area contributed by atoms with E-state index in [-0.39, 0.29) is 0 Å². The van der Waals surface area contributed by atoms with Crippen molar-refractivity contribution in [2.24, 2.45) is 5.16 Å². The van der Waals surface area contributed by atoms with Gasteiger partial charge in [-0.15, -0.1) is 0 Å². The molecular formula is C13H10N2O. The quantitative estimate of drug-likeness (QED) is 0.724. The Labute approximate surface area is 93.4 Å². The largest absolute Gasteiger partial charge is 0.356 e. The molecule has 0 radical (unpaired) electrons. The van der Waals surface area contributed by atoms with Crippen molar-refractivity contribution >= 4 is 5.71 Å². The smallest absolute Gasteiger partial charge is 0.161 e. The minimum Gasteiger partial charge on any atom is -0.356 e. The SMILES string of the molecule is c1ccc(C2=NOc3ccccc3C2)nc1. The molecule has 1 aromatic heterocycles. The molecule has 0 amide bonds. The van der Waals surface area contributed by atoms with E-state index in [1.54, 1.807) is 6.20 Å². The number of hydrogen-bond acceptors (Lipinski definition) is 3. The number of hydrogen-bond donors (Lipinski definition) is 0. The van der Waals surface area contributed by atoms with Gasteiger partial charge in [-0.3, -0.25) is 4.98 Å². The zero-order valence-corrected chi connectivity index (χ0v) is 8.63. The summed E-state index contributed by atoms with van der Waals surface area (Å²) < 4.78 is 0. The van der Waals surface area contributed by atoms with Gasteiger partial charge in [0.25, 0.3) is 0 Å². The van der Waals surface area contributed by atoms with Crippen molar-refractivity contribution in [2.45, 2.75) is 6.42 Å². The van der Waals surface area contributed by atoms with Gasteiger partial charge in [-0.05, 0) is 18.2 Å². The number of pyridine rings is 1. The normalized spacial score (nSPS) is 13.6. The van der Waals surface area contributed by atoms with Gasteiger partial charge in [-0.2, -0.15) is 0 Å². The summed E-state index contributed by atoms with van der Waals surface area (Å²) in [6, 6.07) is 13.7. The van der Waals surface area contributed by atoms with Crippen LogP contribution in [0.4, 0.5) is 0 Å². The summed E-state index contributed by atoms with van der Waals surface area (Å²) >= 11 is 0. The minimum atomic E-state index is 0.771. The lowest BCUT2D eigenvalue weighted by Gasteiger charge is -2.14. The monoisotopic (exact) mass is 210 g/mol. The summed E-state index contributed by atoms with van der Waals surface area (Å²) in [5.41, 5.74) is 2.90. The van der Waals surface area contributed by atoms with Crippen molar-refractivity contribution < 1.29 is 4.84 Å². The van der Waals surface area contributed by atoms with Gasteiger partial charge < -0.3 is 4.84 Å². The van der Waals surface area contributed by atoms with Crippen LogP contribution in [0.1, 0.15) is 11.3 Å². The molecule has 0 fully saturated rings. The van der Waals surface area contributed by atoms with Crippen LogP contribution in [0.3, 0.4) is 0 Å². The zero-order chi connectivity index (χ0) is 10.8. The predicted molar refractivity (Wildman–Crippen MR) is 61.5 cm³/mol. The molecule has 0 saturated heterocycles. The Bertz CT molecular complexity index is 535. The highest BCUT2D eigenvalue weighted by Crippen LogP contribution is 2.23. The highest BCUT2D eigenvalue weighted by atomic mass is 16.6. The molecule has 1 aliphatic heterocycles. The van der Waals surface area contributed by atoms with E-state index in [0.717, 1.165) is 29.1 Å². The first-order valence-corrected chi connectivity index (χ1v) is 5.17. The standard InChI is InChI=1S/C13H10N2O/c1-2-7-13-10(5-1)9-12(15-16-13)11-6-3-4-8-14-11/h1-8H,9H2. The van der Waals surface area contributed by atoms with E-state index in [9.17, 15) is 0 Å². The third-order valence-electron chi connectivity index (χ3n) is 2.55. The average molecular weight is 210 g/mol. The van der Waals surface area contributed by atoms with Crippen LogP contribution in [0, 0.1) is 0 Å². The van der Waals surface area contributed by atoms with Crippen LogP contribution in [-0.4, -0.2) is 10.7 Å². The van der Waals surface area contributed by atoms with Crippen LogP contribution >= 0.6 is 0 Å². The maximum Gasteiger partial charge on any atom is 0.161 e. The van der Waals surface area contributed by atoms with Crippen molar-refractivity contribution in [2.75, 3.05) is 0 Å². The summed E-state index contributed by atoms with van der Waals surface area (Å²) in [6.45, 7) is 0. The number of oxime groups is 1. The Kier molecular flexibility index (Phi) is 2.14. The molecule has 0 bridgehead atoms. The van der Waals surface area contributed by atoms with Crippen molar-refractivity contribution in [3.05, 3.63) is 59.9 Å². The molecule has 0 aliphatic carbocycles. The number of benzene rings is 1. The number of rotatable bonds is 1. The summed E-state index contributed by atoms with van der Waals surface area (Å²) in [4.78, 5) is 9.60. The molecule has 78 valence electrons. The van der Waals surface area contributed by atoms with Crippen LogP contribution in [0.15, 0.2) is 53.8 Å². The number of nitrogens with zero attached hydrogens (tertiary/aromatic N) is 2. The molecule has 0 unspecified atom stereocenters. The number of para-hydroxylation sites is 1. The van der Waals surface area contributed by atoms with E-state index in [1.165, 1.54) is 0 Å². The molecule has 2 heterocycles. The van der Waals surface area contributed by atoms with Crippen LogP contribution in [0.5, 0.6) is 5.75 Å². The van der Waals surface area contributed by atoms with Gasteiger partial charge in [0.2, 0.25) is 0 Å². The molecule has 1 aromatic carbocycles. The zero-order valence-electron chi connectivity index (χ0n) is 8.63. The topological polar surface area (TPSA) is 34.5 Å². The molecule has 1 aliphatic rings. The molecular weight excluding hydrogens is 200 g/mol. The van der Waals surface area contributed by atoms with Gasteiger partial charge in [0.1, 0.15) is 5.71 Å². The first kappa shape index (κ1) is 9.09. The van der Waals surface area contributed by atoms with E-state index < -0.39 is 0 Å². The molecule has 2 aromatic rings. The van der Waals surface area contributed by atoms with E-state index in [4.69, 9.17) is 4.84 Å². The highest BCUT2D eigenvalue weighted by Gasteiger charge is 2.15. The maximum absolute atomic E-state index is 5.34.